The molecule has 0 aliphatic heterocycles. The van der Waals surface area contributed by atoms with Gasteiger partial charge in [0, 0.05) is 17.3 Å². The van der Waals surface area contributed by atoms with Crippen LogP contribution in [0.2, 0.25) is 0 Å². The van der Waals surface area contributed by atoms with Gasteiger partial charge in [0.25, 0.3) is 0 Å². The second kappa shape index (κ2) is 7.19. The van der Waals surface area contributed by atoms with Crippen molar-refractivity contribution >= 4 is 11.8 Å². The zero-order valence-corrected chi connectivity index (χ0v) is 13.2. The van der Waals surface area contributed by atoms with Gasteiger partial charge >= 0.3 is 0 Å². The standard InChI is InChI=1S/C16H31NS/c1-3-14-7-9-15(10-8-14)17-13-16(18-2)11-5-4-6-12-16/h14-15,17H,3-13H2,1-2H3. The van der Waals surface area contributed by atoms with Crippen LogP contribution in [0.15, 0.2) is 0 Å². The molecular weight excluding hydrogens is 238 g/mol. The molecule has 2 rings (SSSR count). The SMILES string of the molecule is CCC1CCC(NCC2(SC)CCCCC2)CC1. The van der Waals surface area contributed by atoms with Crippen molar-refractivity contribution in [3.05, 3.63) is 0 Å². The Balaban J connectivity index is 1.73. The molecule has 1 N–H and O–H groups in total. The van der Waals surface area contributed by atoms with Crippen LogP contribution < -0.4 is 5.32 Å². The highest BCUT2D eigenvalue weighted by atomic mass is 32.2. The zero-order chi connectivity index (χ0) is 12.8. The molecular formula is C16H31NS. The van der Waals surface area contributed by atoms with Gasteiger partial charge in [0.15, 0.2) is 0 Å². The lowest BCUT2D eigenvalue weighted by Gasteiger charge is -2.38. The van der Waals surface area contributed by atoms with Crippen LogP contribution in [0.3, 0.4) is 0 Å². The third kappa shape index (κ3) is 3.90. The third-order valence-electron chi connectivity index (χ3n) is 5.33. The Bertz CT molecular complexity index is 227. The molecule has 1 nitrogen and oxygen atoms in total. The molecule has 2 aliphatic carbocycles. The average molecular weight is 269 g/mol. The van der Waals surface area contributed by atoms with E-state index in [1.807, 2.05) is 0 Å². The van der Waals surface area contributed by atoms with Crippen molar-refractivity contribution < 1.29 is 0 Å². The second-order valence-corrected chi connectivity index (χ2v) is 7.73. The average Bonchev–Trinajstić information content (AvgIpc) is 2.47. The van der Waals surface area contributed by atoms with E-state index in [0.717, 1.165) is 12.0 Å². The Morgan fingerprint density at radius 3 is 2.28 bits per heavy atom. The Kier molecular flexibility index (Phi) is 5.88. The summed E-state index contributed by atoms with van der Waals surface area (Å²) in [4.78, 5) is 0. The van der Waals surface area contributed by atoms with Gasteiger partial charge in [-0.15, -0.1) is 0 Å². The monoisotopic (exact) mass is 269 g/mol. The number of thioether (sulfide) groups is 1. The fraction of sp³-hybridized carbons (Fsp3) is 1.00. The normalized spacial score (nSPS) is 32.3. The third-order valence-corrected chi connectivity index (χ3v) is 6.75. The maximum Gasteiger partial charge on any atom is 0.0281 e. The summed E-state index contributed by atoms with van der Waals surface area (Å²) >= 11 is 2.12. The second-order valence-electron chi connectivity index (χ2n) is 6.45. The molecule has 0 bridgehead atoms. The maximum absolute atomic E-state index is 3.91. The molecule has 0 radical (unpaired) electrons. The Morgan fingerprint density at radius 1 is 1.06 bits per heavy atom. The van der Waals surface area contributed by atoms with Gasteiger partial charge in [-0.1, -0.05) is 32.6 Å². The van der Waals surface area contributed by atoms with Crippen LogP contribution in [0.25, 0.3) is 0 Å². The van der Waals surface area contributed by atoms with E-state index in [4.69, 9.17) is 0 Å². The fourth-order valence-electron chi connectivity index (χ4n) is 3.75. The highest BCUT2D eigenvalue weighted by Crippen LogP contribution is 2.38. The largest absolute Gasteiger partial charge is 0.313 e. The Morgan fingerprint density at radius 2 is 1.72 bits per heavy atom. The quantitative estimate of drug-likeness (QED) is 0.782. The molecule has 0 saturated heterocycles. The first-order chi connectivity index (χ1) is 8.78. The number of nitrogens with one attached hydrogen (secondary N) is 1. The number of hydrogen-bond donors (Lipinski definition) is 1. The zero-order valence-electron chi connectivity index (χ0n) is 12.3. The summed E-state index contributed by atoms with van der Waals surface area (Å²) < 4.78 is 0.569. The lowest BCUT2D eigenvalue weighted by Crippen LogP contribution is -2.44. The predicted octanol–water partition coefficient (Wildman–Crippen LogP) is 4.61. The summed E-state index contributed by atoms with van der Waals surface area (Å²) in [5.74, 6) is 1.02. The molecule has 2 saturated carbocycles. The molecule has 0 aromatic rings. The van der Waals surface area contributed by atoms with E-state index in [9.17, 15) is 0 Å². The molecule has 106 valence electrons. The first-order valence-corrected chi connectivity index (χ1v) is 9.29. The van der Waals surface area contributed by atoms with Gasteiger partial charge in [-0.2, -0.15) is 11.8 Å². The molecule has 2 aliphatic rings. The lowest BCUT2D eigenvalue weighted by atomic mass is 9.83. The number of hydrogen-bond acceptors (Lipinski definition) is 2. The molecule has 0 aromatic carbocycles. The van der Waals surface area contributed by atoms with Crippen LogP contribution in [0.4, 0.5) is 0 Å². The van der Waals surface area contributed by atoms with Crippen LogP contribution >= 0.6 is 11.8 Å². The minimum Gasteiger partial charge on any atom is -0.313 e. The summed E-state index contributed by atoms with van der Waals surface area (Å²) in [5.41, 5.74) is 0. The summed E-state index contributed by atoms with van der Waals surface area (Å²) in [7, 11) is 0. The van der Waals surface area contributed by atoms with Gasteiger partial charge in [-0.3, -0.25) is 0 Å². The van der Waals surface area contributed by atoms with Gasteiger partial charge in [0.2, 0.25) is 0 Å². The molecule has 0 spiro atoms. The predicted molar refractivity (Wildman–Crippen MR) is 83.4 cm³/mol. The van der Waals surface area contributed by atoms with Crippen molar-refractivity contribution in [1.29, 1.82) is 0 Å². The van der Waals surface area contributed by atoms with Crippen molar-refractivity contribution in [2.24, 2.45) is 5.92 Å². The van der Waals surface area contributed by atoms with Crippen LogP contribution in [0, 0.1) is 5.92 Å². The van der Waals surface area contributed by atoms with E-state index in [1.54, 1.807) is 0 Å². The van der Waals surface area contributed by atoms with Crippen LogP contribution in [-0.4, -0.2) is 23.6 Å². The Hall–Kier alpha value is 0.310. The van der Waals surface area contributed by atoms with E-state index in [0.29, 0.717) is 4.75 Å². The molecule has 0 amide bonds. The minimum atomic E-state index is 0.569. The van der Waals surface area contributed by atoms with Gasteiger partial charge in [0.1, 0.15) is 0 Å². The van der Waals surface area contributed by atoms with Gasteiger partial charge in [-0.25, -0.2) is 0 Å². The van der Waals surface area contributed by atoms with E-state index < -0.39 is 0 Å². The maximum atomic E-state index is 3.91. The van der Waals surface area contributed by atoms with Gasteiger partial charge in [-0.05, 0) is 50.7 Å². The molecule has 0 atom stereocenters. The van der Waals surface area contributed by atoms with E-state index in [2.05, 4.69) is 30.3 Å². The topological polar surface area (TPSA) is 12.0 Å². The fourth-order valence-corrected chi connectivity index (χ4v) is 4.68. The van der Waals surface area contributed by atoms with Crippen molar-refractivity contribution in [2.45, 2.75) is 81.9 Å². The molecule has 2 heteroatoms. The summed E-state index contributed by atoms with van der Waals surface area (Å²) in [5, 5.41) is 3.91. The van der Waals surface area contributed by atoms with E-state index in [1.165, 1.54) is 70.8 Å². The van der Waals surface area contributed by atoms with E-state index >= 15 is 0 Å². The first-order valence-electron chi connectivity index (χ1n) is 8.06. The van der Waals surface area contributed by atoms with Crippen molar-refractivity contribution in [3.8, 4) is 0 Å². The first kappa shape index (κ1) is 14.7. The van der Waals surface area contributed by atoms with Crippen molar-refractivity contribution in [3.63, 3.8) is 0 Å². The summed E-state index contributed by atoms with van der Waals surface area (Å²) in [6, 6.07) is 0.818. The summed E-state index contributed by atoms with van der Waals surface area (Å²) in [6.07, 6.45) is 16.7. The molecule has 0 heterocycles. The minimum absolute atomic E-state index is 0.569. The highest BCUT2D eigenvalue weighted by Gasteiger charge is 2.32. The van der Waals surface area contributed by atoms with Crippen molar-refractivity contribution in [1.82, 2.24) is 5.32 Å². The van der Waals surface area contributed by atoms with Crippen LogP contribution in [0.1, 0.15) is 71.1 Å². The van der Waals surface area contributed by atoms with Gasteiger partial charge < -0.3 is 5.32 Å². The molecule has 2 fully saturated rings. The van der Waals surface area contributed by atoms with Crippen LogP contribution in [-0.2, 0) is 0 Å². The lowest BCUT2D eigenvalue weighted by molar-refractivity contribution is 0.271. The molecule has 18 heavy (non-hydrogen) atoms. The Labute approximate surface area is 118 Å². The van der Waals surface area contributed by atoms with Crippen LogP contribution in [0.5, 0.6) is 0 Å². The highest BCUT2D eigenvalue weighted by molar-refractivity contribution is 8.00. The number of rotatable bonds is 5. The van der Waals surface area contributed by atoms with E-state index in [-0.39, 0.29) is 0 Å². The smallest absolute Gasteiger partial charge is 0.0281 e. The summed E-state index contributed by atoms with van der Waals surface area (Å²) in [6.45, 7) is 3.61. The molecule has 0 aromatic heterocycles. The van der Waals surface area contributed by atoms with Gasteiger partial charge in [0.05, 0.1) is 0 Å². The van der Waals surface area contributed by atoms with Crippen molar-refractivity contribution in [2.75, 3.05) is 12.8 Å². The molecule has 0 unspecified atom stereocenters.